The van der Waals surface area contributed by atoms with Crippen LogP contribution in [0.3, 0.4) is 0 Å². The van der Waals surface area contributed by atoms with Crippen molar-refractivity contribution in [3.63, 3.8) is 0 Å². The van der Waals surface area contributed by atoms with Crippen molar-refractivity contribution in [1.82, 2.24) is 0 Å². The van der Waals surface area contributed by atoms with Crippen molar-refractivity contribution in [3.8, 4) is 0 Å². The fourth-order valence-corrected chi connectivity index (χ4v) is 2.61. The van der Waals surface area contributed by atoms with Gasteiger partial charge in [0.25, 0.3) is 0 Å². The average molecular weight is 719 g/mol. The van der Waals surface area contributed by atoms with E-state index >= 15 is 0 Å². The van der Waals surface area contributed by atoms with E-state index < -0.39 is 0 Å². The van der Waals surface area contributed by atoms with Gasteiger partial charge in [-0.3, -0.25) is 0 Å². The molecule has 0 nitrogen and oxygen atoms in total. The molecule has 156 valence electrons. The normalized spacial score (nSPS) is 7.86. The molecule has 0 saturated heterocycles. The summed E-state index contributed by atoms with van der Waals surface area (Å²) in [7, 11) is 0. The second-order valence-electron chi connectivity index (χ2n) is 5.90. The maximum atomic E-state index is 2.20. The van der Waals surface area contributed by atoms with Crippen LogP contribution in [0.4, 0.5) is 0 Å². The molecular formula is C27H37Hf2-3. The molecular weight excluding hydrogens is 681 g/mol. The van der Waals surface area contributed by atoms with Crippen molar-refractivity contribution in [2.75, 3.05) is 0 Å². The Labute approximate surface area is 219 Å². The molecule has 0 aliphatic carbocycles. The topological polar surface area (TPSA) is 0 Å². The van der Waals surface area contributed by atoms with Crippen LogP contribution in [0.1, 0.15) is 25.0 Å². The SMILES string of the molecule is C[CH-]C.Cc1cc2ccccc2[cH-]1.Cc1cc2ccccc2[cH-]1.[CH3-].[CH3-].[CH3-].[CH3-].[Hf+4].[Hf]. The zero-order valence-electron chi connectivity index (χ0n) is 19.5. The molecule has 0 radical (unpaired) electrons. The van der Waals surface area contributed by atoms with Crippen molar-refractivity contribution < 1.29 is 51.7 Å². The van der Waals surface area contributed by atoms with Crippen LogP contribution >= 0.6 is 0 Å². The molecule has 0 atom stereocenters. The van der Waals surface area contributed by atoms with E-state index in [0.717, 1.165) is 0 Å². The fourth-order valence-electron chi connectivity index (χ4n) is 2.61. The molecule has 0 amide bonds. The first-order valence-corrected chi connectivity index (χ1v) is 8.12. The monoisotopic (exact) mass is 721 g/mol. The number of aryl methyl sites for hydroxylation is 2. The van der Waals surface area contributed by atoms with Crippen molar-refractivity contribution in [3.05, 3.63) is 120 Å². The maximum Gasteiger partial charge on any atom is 4.00 e. The number of hydrogen-bond acceptors (Lipinski definition) is 0. The molecule has 29 heavy (non-hydrogen) atoms. The average Bonchev–Trinajstić information content (AvgIpc) is 3.08. The van der Waals surface area contributed by atoms with Crippen molar-refractivity contribution in [1.29, 1.82) is 0 Å². The third kappa shape index (κ3) is 12.6. The quantitative estimate of drug-likeness (QED) is 0.126. The van der Waals surface area contributed by atoms with Gasteiger partial charge in [-0.05, 0) is 0 Å². The molecule has 0 fully saturated rings. The number of hydrogen-bond donors (Lipinski definition) is 0. The smallest absolute Gasteiger partial charge is 0.358 e. The molecule has 0 N–H and O–H groups in total. The minimum Gasteiger partial charge on any atom is -0.358 e. The summed E-state index contributed by atoms with van der Waals surface area (Å²) >= 11 is 0. The van der Waals surface area contributed by atoms with E-state index in [1.165, 1.54) is 32.7 Å². The molecule has 4 rings (SSSR count). The van der Waals surface area contributed by atoms with Crippen LogP contribution in [0.5, 0.6) is 0 Å². The van der Waals surface area contributed by atoms with Crippen LogP contribution in [0.25, 0.3) is 21.5 Å². The molecule has 0 heterocycles. The molecule has 0 aromatic heterocycles. The van der Waals surface area contributed by atoms with E-state index in [0.29, 0.717) is 0 Å². The number of fused-ring (bicyclic) bond motifs is 2. The van der Waals surface area contributed by atoms with Crippen LogP contribution in [-0.4, -0.2) is 0 Å². The van der Waals surface area contributed by atoms with Crippen LogP contribution in [-0.2, 0) is 51.7 Å². The molecule has 4 aromatic rings. The third-order valence-corrected chi connectivity index (χ3v) is 3.52. The molecule has 2 heteroatoms. The zero-order chi connectivity index (χ0) is 16.7. The maximum absolute atomic E-state index is 2.20. The molecule has 0 unspecified atom stereocenters. The summed E-state index contributed by atoms with van der Waals surface area (Å²) < 4.78 is 0. The Bertz CT molecular complexity index is 715. The van der Waals surface area contributed by atoms with E-state index in [4.69, 9.17) is 0 Å². The standard InChI is InChI=1S/2C10H9.C3H7.4CH3.2Hf/c2*1-8-6-9-4-2-3-5-10(9)7-8;1-3-2;;;;;;/h2*2-7H,1H3;3H,1-2H3;4*1H3;;/q7*-1;;+4. The van der Waals surface area contributed by atoms with Gasteiger partial charge in [0.2, 0.25) is 0 Å². The Kier molecular flexibility index (Phi) is 27.7. The van der Waals surface area contributed by atoms with Crippen LogP contribution < -0.4 is 0 Å². The van der Waals surface area contributed by atoms with Gasteiger partial charge in [0.05, 0.1) is 0 Å². The second-order valence-corrected chi connectivity index (χ2v) is 5.90. The van der Waals surface area contributed by atoms with Crippen molar-refractivity contribution in [2.45, 2.75) is 27.7 Å². The molecule has 0 saturated carbocycles. The van der Waals surface area contributed by atoms with Crippen molar-refractivity contribution >= 4 is 21.5 Å². The molecule has 0 bridgehead atoms. The predicted molar refractivity (Wildman–Crippen MR) is 130 cm³/mol. The Morgan fingerprint density at radius 3 is 1.17 bits per heavy atom. The largest absolute Gasteiger partial charge is 4.00 e. The van der Waals surface area contributed by atoms with E-state index in [2.05, 4.69) is 86.6 Å². The fraction of sp³-hybridized carbons (Fsp3) is 0.148. The van der Waals surface area contributed by atoms with Crippen molar-refractivity contribution in [2.24, 2.45) is 0 Å². The second kappa shape index (κ2) is 20.7. The first-order chi connectivity index (χ1) is 11.1. The van der Waals surface area contributed by atoms with Gasteiger partial charge >= 0.3 is 25.8 Å². The minimum absolute atomic E-state index is 0. The molecule has 0 spiro atoms. The summed E-state index contributed by atoms with van der Waals surface area (Å²) in [6.07, 6.45) is 2.00. The minimum atomic E-state index is 0. The van der Waals surface area contributed by atoms with E-state index in [1.54, 1.807) is 0 Å². The summed E-state index contributed by atoms with van der Waals surface area (Å²) in [4.78, 5) is 0. The van der Waals surface area contributed by atoms with Gasteiger partial charge < -0.3 is 36.1 Å². The summed E-state index contributed by atoms with van der Waals surface area (Å²) in [5.41, 5.74) is 2.70. The molecule has 0 aliphatic rings. The first-order valence-electron chi connectivity index (χ1n) is 8.12. The molecule has 4 aromatic carbocycles. The van der Waals surface area contributed by atoms with E-state index in [-0.39, 0.29) is 81.4 Å². The van der Waals surface area contributed by atoms with Gasteiger partial charge in [-0.15, -0.1) is 81.2 Å². The van der Waals surface area contributed by atoms with Crippen LogP contribution in [0, 0.1) is 50.0 Å². The Morgan fingerprint density at radius 1 is 0.621 bits per heavy atom. The van der Waals surface area contributed by atoms with E-state index in [9.17, 15) is 0 Å². The summed E-state index contributed by atoms with van der Waals surface area (Å²) in [5.74, 6) is 0. The van der Waals surface area contributed by atoms with Gasteiger partial charge in [-0.1, -0.05) is 26.0 Å². The predicted octanol–water partition coefficient (Wildman–Crippen LogP) is 8.76. The first kappa shape index (κ1) is 38.9. The summed E-state index contributed by atoms with van der Waals surface area (Å²) in [5, 5.41) is 5.39. The van der Waals surface area contributed by atoms with Gasteiger partial charge in [-0.2, -0.15) is 26.0 Å². The third-order valence-electron chi connectivity index (χ3n) is 3.52. The number of benzene rings is 2. The molecule has 0 aliphatic heterocycles. The Balaban J connectivity index is -0.0000000988. The summed E-state index contributed by atoms with van der Waals surface area (Å²) in [6, 6.07) is 25.7. The van der Waals surface area contributed by atoms with Gasteiger partial charge in [0.1, 0.15) is 0 Å². The number of rotatable bonds is 0. The summed E-state index contributed by atoms with van der Waals surface area (Å²) in [6.45, 7) is 8.25. The zero-order valence-corrected chi connectivity index (χ0v) is 26.7. The Hall–Kier alpha value is -0.600. The van der Waals surface area contributed by atoms with Gasteiger partial charge in [0, 0.05) is 25.8 Å². The van der Waals surface area contributed by atoms with Crippen LogP contribution in [0.15, 0.2) is 72.8 Å². The van der Waals surface area contributed by atoms with Crippen LogP contribution in [0.2, 0.25) is 0 Å². The van der Waals surface area contributed by atoms with Gasteiger partial charge in [-0.25, -0.2) is 0 Å². The Morgan fingerprint density at radius 2 is 0.897 bits per heavy atom. The van der Waals surface area contributed by atoms with E-state index in [1.807, 2.05) is 20.3 Å². The van der Waals surface area contributed by atoms with Gasteiger partial charge in [0.15, 0.2) is 0 Å².